The number of aromatic nitrogens is 1. The van der Waals surface area contributed by atoms with Crippen molar-refractivity contribution < 1.29 is 9.90 Å². The molecule has 2 atom stereocenters. The fourth-order valence-corrected chi connectivity index (χ4v) is 3.36. The summed E-state index contributed by atoms with van der Waals surface area (Å²) >= 11 is 5.94. The Kier molecular flexibility index (Phi) is 5.56. The fraction of sp³-hybridized carbons (Fsp3) is 0.368. The fourth-order valence-electron chi connectivity index (χ4n) is 3.24. The monoisotopic (exact) mass is 359 g/mol. The van der Waals surface area contributed by atoms with Crippen molar-refractivity contribution in [2.24, 2.45) is 0 Å². The molecular formula is C19H22ClN3O2. The Morgan fingerprint density at radius 2 is 2.08 bits per heavy atom. The summed E-state index contributed by atoms with van der Waals surface area (Å²) in [4.78, 5) is 19.1. The summed E-state index contributed by atoms with van der Waals surface area (Å²) in [6.07, 6.45) is 1.54. The van der Waals surface area contributed by atoms with E-state index < -0.39 is 6.10 Å². The number of piperidine rings is 1. The maximum atomic E-state index is 13.0. The largest absolute Gasteiger partial charge is 0.391 e. The number of carbonyl (C=O) groups excluding carboxylic acids is 1. The van der Waals surface area contributed by atoms with Gasteiger partial charge in [0.1, 0.15) is 11.5 Å². The zero-order valence-corrected chi connectivity index (χ0v) is 14.9. The van der Waals surface area contributed by atoms with Crippen molar-refractivity contribution in [2.75, 3.05) is 18.9 Å². The van der Waals surface area contributed by atoms with Crippen molar-refractivity contribution in [1.29, 1.82) is 0 Å². The minimum absolute atomic E-state index is 0.144. The number of aliphatic hydroxyl groups excluding tert-OH is 1. The first-order valence-electron chi connectivity index (χ1n) is 8.47. The quantitative estimate of drug-likeness (QED) is 0.880. The first-order valence-corrected chi connectivity index (χ1v) is 8.84. The third kappa shape index (κ3) is 4.11. The number of benzene rings is 1. The van der Waals surface area contributed by atoms with Crippen LogP contribution in [0.15, 0.2) is 42.5 Å². The van der Waals surface area contributed by atoms with E-state index in [0.717, 1.165) is 12.0 Å². The molecule has 2 aromatic rings. The molecule has 1 fully saturated rings. The second-order valence-electron chi connectivity index (χ2n) is 6.26. The average molecular weight is 360 g/mol. The number of nitrogens with zero attached hydrogens (tertiary/aromatic N) is 2. The first kappa shape index (κ1) is 17.7. The van der Waals surface area contributed by atoms with E-state index in [9.17, 15) is 9.90 Å². The van der Waals surface area contributed by atoms with Crippen molar-refractivity contribution >= 4 is 23.3 Å². The van der Waals surface area contributed by atoms with Crippen LogP contribution in [0.1, 0.15) is 28.9 Å². The third-order valence-corrected chi connectivity index (χ3v) is 4.84. The van der Waals surface area contributed by atoms with Crippen molar-refractivity contribution in [1.82, 2.24) is 9.88 Å². The number of likely N-dealkylation sites (tertiary alicyclic amines) is 1. The van der Waals surface area contributed by atoms with Gasteiger partial charge in [0, 0.05) is 18.6 Å². The van der Waals surface area contributed by atoms with Gasteiger partial charge >= 0.3 is 0 Å². The van der Waals surface area contributed by atoms with Crippen LogP contribution in [0.25, 0.3) is 0 Å². The van der Waals surface area contributed by atoms with E-state index in [-0.39, 0.29) is 11.9 Å². The molecule has 25 heavy (non-hydrogen) atoms. The molecular weight excluding hydrogens is 338 g/mol. The van der Waals surface area contributed by atoms with E-state index in [2.05, 4.69) is 10.3 Å². The van der Waals surface area contributed by atoms with Crippen LogP contribution in [0.5, 0.6) is 0 Å². The van der Waals surface area contributed by atoms with Crippen LogP contribution in [0, 0.1) is 0 Å². The number of rotatable bonds is 4. The Morgan fingerprint density at radius 1 is 1.32 bits per heavy atom. The molecule has 0 spiro atoms. The van der Waals surface area contributed by atoms with Crippen molar-refractivity contribution in [3.05, 3.63) is 58.7 Å². The Labute approximate surface area is 152 Å². The topological polar surface area (TPSA) is 65.5 Å². The number of carbonyl (C=O) groups is 1. The van der Waals surface area contributed by atoms with Crippen LogP contribution >= 0.6 is 11.6 Å². The summed E-state index contributed by atoms with van der Waals surface area (Å²) in [7, 11) is 1.77. The lowest BCUT2D eigenvalue weighted by atomic mass is 9.92. The number of anilines is 1. The zero-order chi connectivity index (χ0) is 17.8. The molecule has 6 heteroatoms. The van der Waals surface area contributed by atoms with Crippen molar-refractivity contribution in [3.63, 3.8) is 0 Å². The highest BCUT2D eigenvalue weighted by Crippen LogP contribution is 2.24. The van der Waals surface area contributed by atoms with Gasteiger partial charge in [-0.05, 0) is 49.1 Å². The molecule has 1 amide bonds. The predicted octanol–water partition coefficient (Wildman–Crippen LogP) is 2.98. The second-order valence-corrected chi connectivity index (χ2v) is 6.70. The number of nitrogens with one attached hydrogen (secondary N) is 1. The van der Waals surface area contributed by atoms with Gasteiger partial charge in [0.15, 0.2) is 0 Å². The van der Waals surface area contributed by atoms with Gasteiger partial charge in [-0.3, -0.25) is 4.79 Å². The van der Waals surface area contributed by atoms with E-state index in [0.29, 0.717) is 35.9 Å². The average Bonchev–Trinajstić information content (AvgIpc) is 2.64. The van der Waals surface area contributed by atoms with Gasteiger partial charge in [0.05, 0.1) is 12.1 Å². The zero-order valence-electron chi connectivity index (χ0n) is 14.2. The van der Waals surface area contributed by atoms with Crippen LogP contribution in [0.3, 0.4) is 0 Å². The molecule has 0 saturated carbocycles. The molecule has 1 aromatic heterocycles. The molecule has 2 heterocycles. The Hall–Kier alpha value is -2.11. The normalized spacial score (nSPS) is 20.4. The van der Waals surface area contributed by atoms with Gasteiger partial charge in [-0.15, -0.1) is 0 Å². The molecule has 2 N–H and O–H groups in total. The molecule has 0 unspecified atom stereocenters. The molecule has 0 bridgehead atoms. The SMILES string of the molecule is CNc1cccc(C(=O)N2CCC[C@H](O)[C@@H]2Cc2ccc(Cl)cc2)n1. The minimum Gasteiger partial charge on any atom is -0.391 e. The lowest BCUT2D eigenvalue weighted by molar-refractivity contribution is 0.0115. The molecule has 0 radical (unpaired) electrons. The van der Waals surface area contributed by atoms with E-state index in [1.54, 1.807) is 24.1 Å². The highest BCUT2D eigenvalue weighted by atomic mass is 35.5. The van der Waals surface area contributed by atoms with E-state index in [1.807, 2.05) is 30.3 Å². The molecule has 1 saturated heterocycles. The van der Waals surface area contributed by atoms with Gasteiger partial charge in [-0.25, -0.2) is 4.98 Å². The summed E-state index contributed by atoms with van der Waals surface area (Å²) < 4.78 is 0. The van der Waals surface area contributed by atoms with Crippen LogP contribution in [0.4, 0.5) is 5.82 Å². The Bertz CT molecular complexity index is 736. The molecule has 1 aliphatic heterocycles. The van der Waals surface area contributed by atoms with Gasteiger partial charge in [-0.1, -0.05) is 29.8 Å². The van der Waals surface area contributed by atoms with Gasteiger partial charge in [0.2, 0.25) is 0 Å². The van der Waals surface area contributed by atoms with E-state index in [1.165, 1.54) is 0 Å². The Morgan fingerprint density at radius 3 is 2.80 bits per heavy atom. The van der Waals surface area contributed by atoms with E-state index >= 15 is 0 Å². The molecule has 0 aliphatic carbocycles. The summed E-state index contributed by atoms with van der Waals surface area (Å²) in [5, 5.41) is 14.1. The minimum atomic E-state index is -0.541. The smallest absolute Gasteiger partial charge is 0.272 e. The maximum Gasteiger partial charge on any atom is 0.272 e. The number of aliphatic hydroxyl groups is 1. The van der Waals surface area contributed by atoms with Crippen molar-refractivity contribution in [2.45, 2.75) is 31.4 Å². The molecule has 5 nitrogen and oxygen atoms in total. The summed E-state index contributed by atoms with van der Waals surface area (Å²) in [6, 6.07) is 12.6. The second kappa shape index (κ2) is 7.85. The molecule has 3 rings (SSSR count). The van der Waals surface area contributed by atoms with Gasteiger partial charge in [0.25, 0.3) is 5.91 Å². The van der Waals surface area contributed by atoms with Crippen LogP contribution < -0.4 is 5.32 Å². The highest BCUT2D eigenvalue weighted by molar-refractivity contribution is 6.30. The molecule has 132 valence electrons. The van der Waals surface area contributed by atoms with Crippen LogP contribution in [-0.2, 0) is 6.42 Å². The molecule has 1 aromatic carbocycles. The first-order chi connectivity index (χ1) is 12.1. The summed E-state index contributed by atoms with van der Waals surface area (Å²) in [5.41, 5.74) is 1.44. The van der Waals surface area contributed by atoms with Gasteiger partial charge in [-0.2, -0.15) is 0 Å². The highest BCUT2D eigenvalue weighted by Gasteiger charge is 2.34. The molecule has 1 aliphatic rings. The standard InChI is InChI=1S/C19H22ClN3O2/c1-21-18-6-2-4-15(22-18)19(25)23-11-3-5-17(24)16(23)12-13-7-9-14(20)10-8-13/h2,4,6-10,16-17,24H,3,5,11-12H2,1H3,(H,21,22)/t16-,17-/m0/s1. The Balaban J connectivity index is 1.83. The number of halogens is 1. The summed E-state index contributed by atoms with van der Waals surface area (Å²) in [6.45, 7) is 0.625. The number of hydrogen-bond acceptors (Lipinski definition) is 4. The number of pyridine rings is 1. The van der Waals surface area contributed by atoms with Crippen LogP contribution in [-0.4, -0.2) is 46.6 Å². The number of hydrogen-bond donors (Lipinski definition) is 2. The predicted molar refractivity (Wildman–Crippen MR) is 99.0 cm³/mol. The lowest BCUT2D eigenvalue weighted by Gasteiger charge is -2.39. The van der Waals surface area contributed by atoms with Crippen LogP contribution in [0.2, 0.25) is 5.02 Å². The lowest BCUT2D eigenvalue weighted by Crippen LogP contribution is -2.52. The van der Waals surface area contributed by atoms with E-state index in [4.69, 9.17) is 11.6 Å². The van der Waals surface area contributed by atoms with Gasteiger partial charge < -0.3 is 15.3 Å². The summed E-state index contributed by atoms with van der Waals surface area (Å²) in [5.74, 6) is 0.507. The maximum absolute atomic E-state index is 13.0. The number of amides is 1. The third-order valence-electron chi connectivity index (χ3n) is 4.59. The van der Waals surface area contributed by atoms with Crippen molar-refractivity contribution in [3.8, 4) is 0 Å².